The van der Waals surface area contributed by atoms with Gasteiger partial charge in [-0.05, 0) is 123 Å². The first kappa shape index (κ1) is 52.0. The summed E-state index contributed by atoms with van der Waals surface area (Å²) in [7, 11) is 0. The number of unbranched alkanes of at least 4 members (excludes halogenated alkanes) is 4. The molecule has 1 saturated heterocycles. The van der Waals surface area contributed by atoms with E-state index in [9.17, 15) is 19.2 Å². The summed E-state index contributed by atoms with van der Waals surface area (Å²) in [4.78, 5) is 55.7. The average molecular weight is 866 g/mol. The summed E-state index contributed by atoms with van der Waals surface area (Å²) < 4.78 is 13.6. The first-order valence-corrected chi connectivity index (χ1v) is 22.4. The molecule has 332 valence electrons. The minimum absolute atomic E-state index is 0. The number of imide groups is 1. The maximum Gasteiger partial charge on any atom is 0.352 e. The molecule has 0 N–H and O–H groups in total. The number of ether oxygens (including phenoxy) is 2. The lowest BCUT2D eigenvalue weighted by molar-refractivity contribution is -0.208. The van der Waals surface area contributed by atoms with Crippen molar-refractivity contribution in [2.24, 2.45) is 52.3 Å². The Morgan fingerprint density at radius 1 is 0.825 bits per heavy atom. The summed E-state index contributed by atoms with van der Waals surface area (Å²) in [6, 6.07) is 0. The van der Waals surface area contributed by atoms with Crippen LogP contribution in [0.2, 0.25) is 0 Å². The van der Waals surface area contributed by atoms with E-state index in [1.54, 1.807) is 0 Å². The second-order valence-corrected chi connectivity index (χ2v) is 18.7. The molecular formula is C45H79Cl3N2O7. The zero-order valence-electron chi connectivity index (χ0n) is 36.4. The lowest BCUT2D eigenvalue weighted by atomic mass is 9.41. The zero-order valence-corrected chi connectivity index (χ0v) is 38.9. The highest BCUT2D eigenvalue weighted by atomic mass is 35.5. The van der Waals surface area contributed by atoms with Gasteiger partial charge in [0.1, 0.15) is 6.54 Å². The standard InChI is InChI=1S/C45H76N2O7.3ClH/c1-8-11-14-17-33-27-34-28-35(52-25-12-9-2)22-23-44(34,6)38-29-39(53-26-13-10-3)45(7)36(18-19-37(45)43(33)38)31(4)16-15-24-46(32(5)48)30-42(51)54-47-40(49)20-21-41(47)50;;;/h31,33-39,43H,8-30H2,1-7H3;3*1H/t31-,33-,34?,35-,36-,37+,38+,39+,43?,44+,45-;;;/m1.../s1. The molecule has 0 spiro atoms. The molecule has 12 heteroatoms. The highest BCUT2D eigenvalue weighted by molar-refractivity contribution is 6.01. The van der Waals surface area contributed by atoms with E-state index < -0.39 is 17.8 Å². The quantitative estimate of drug-likeness (QED) is 0.0887. The normalized spacial score (nSPS) is 33.5. The Labute approximate surface area is 364 Å². The van der Waals surface area contributed by atoms with Gasteiger partial charge >= 0.3 is 5.97 Å². The number of hydrogen-bond donors (Lipinski definition) is 0. The lowest BCUT2D eigenvalue weighted by Crippen LogP contribution is -2.61. The summed E-state index contributed by atoms with van der Waals surface area (Å²) in [6.45, 7) is 17.9. The van der Waals surface area contributed by atoms with Gasteiger partial charge in [0.25, 0.3) is 11.8 Å². The molecule has 2 unspecified atom stereocenters. The zero-order chi connectivity index (χ0) is 39.0. The molecule has 5 aliphatic rings. The second kappa shape index (κ2) is 23.8. The molecule has 3 amide bonds. The molecule has 9 nitrogen and oxygen atoms in total. The highest BCUT2D eigenvalue weighted by Gasteiger charge is 2.66. The Balaban J connectivity index is 0.00000374. The number of halogens is 3. The van der Waals surface area contributed by atoms with Crippen LogP contribution in [0.5, 0.6) is 0 Å². The maximum atomic E-state index is 12.7. The van der Waals surface area contributed by atoms with Crippen molar-refractivity contribution in [1.82, 2.24) is 9.96 Å². The van der Waals surface area contributed by atoms with Gasteiger partial charge in [-0.3, -0.25) is 14.4 Å². The SMILES string of the molecule is CCCCC[C@@H]1CC2C[C@H](OCCCC)CC[C@]2(C)[C@H]2C[C@H](OCCCC)[C@]3(C)[C@@H]([C@H](C)CCCN(CC(=O)ON4C(=O)CCC4=O)C(C)=O)CC[C@H]3C12.Cl.Cl.Cl. The number of nitrogens with zero attached hydrogens (tertiary/aromatic N) is 2. The van der Waals surface area contributed by atoms with Crippen LogP contribution in [0.25, 0.3) is 0 Å². The molecule has 1 aliphatic heterocycles. The van der Waals surface area contributed by atoms with Gasteiger partial charge in [0, 0.05) is 39.5 Å². The van der Waals surface area contributed by atoms with Crippen molar-refractivity contribution < 1.29 is 33.5 Å². The Bertz CT molecular complexity index is 1280. The molecule has 0 bridgehead atoms. The molecule has 11 atom stereocenters. The first-order valence-electron chi connectivity index (χ1n) is 22.4. The smallest absolute Gasteiger partial charge is 0.352 e. The topological polar surface area (TPSA) is 102 Å². The van der Waals surface area contributed by atoms with Crippen LogP contribution < -0.4 is 0 Å². The minimum atomic E-state index is -0.758. The summed E-state index contributed by atoms with van der Waals surface area (Å²) in [5.41, 5.74) is 0.459. The Hall–Kier alpha value is -1.13. The van der Waals surface area contributed by atoms with E-state index in [4.69, 9.17) is 14.3 Å². The third-order valence-electron chi connectivity index (χ3n) is 15.5. The summed E-state index contributed by atoms with van der Waals surface area (Å²) in [6.07, 6.45) is 21.2. The van der Waals surface area contributed by atoms with E-state index >= 15 is 0 Å². The number of rotatable bonds is 20. The average Bonchev–Trinajstić information content (AvgIpc) is 3.66. The molecule has 1 heterocycles. The van der Waals surface area contributed by atoms with Crippen LogP contribution in [0.4, 0.5) is 0 Å². The van der Waals surface area contributed by atoms with E-state index in [2.05, 4.69) is 41.5 Å². The van der Waals surface area contributed by atoms with Gasteiger partial charge in [0.2, 0.25) is 5.91 Å². The van der Waals surface area contributed by atoms with Crippen LogP contribution in [-0.2, 0) is 33.5 Å². The van der Waals surface area contributed by atoms with E-state index in [-0.39, 0.29) is 74.0 Å². The fraction of sp³-hybridized carbons (Fsp3) is 0.911. The Morgan fingerprint density at radius 3 is 2.11 bits per heavy atom. The van der Waals surface area contributed by atoms with Gasteiger partial charge in [0.05, 0.1) is 12.2 Å². The van der Waals surface area contributed by atoms with E-state index in [1.807, 2.05) is 0 Å². The van der Waals surface area contributed by atoms with Crippen molar-refractivity contribution in [1.29, 1.82) is 0 Å². The van der Waals surface area contributed by atoms with Crippen LogP contribution in [0.3, 0.4) is 0 Å². The van der Waals surface area contributed by atoms with Gasteiger partial charge < -0.3 is 19.2 Å². The maximum absolute atomic E-state index is 12.7. The minimum Gasteiger partial charge on any atom is -0.378 e. The fourth-order valence-electron chi connectivity index (χ4n) is 12.5. The second-order valence-electron chi connectivity index (χ2n) is 18.7. The molecule has 57 heavy (non-hydrogen) atoms. The van der Waals surface area contributed by atoms with Crippen LogP contribution in [0.15, 0.2) is 0 Å². The van der Waals surface area contributed by atoms with Crippen molar-refractivity contribution in [3.05, 3.63) is 0 Å². The highest BCUT2D eigenvalue weighted by Crippen LogP contribution is 2.70. The number of hydroxylamine groups is 2. The summed E-state index contributed by atoms with van der Waals surface area (Å²) >= 11 is 0. The predicted octanol–water partition coefficient (Wildman–Crippen LogP) is 10.6. The van der Waals surface area contributed by atoms with Crippen LogP contribution in [0, 0.1) is 52.3 Å². The molecule has 0 radical (unpaired) electrons. The Morgan fingerprint density at radius 2 is 1.47 bits per heavy atom. The van der Waals surface area contributed by atoms with Crippen molar-refractivity contribution in [3.8, 4) is 0 Å². The van der Waals surface area contributed by atoms with Gasteiger partial charge in [-0.25, -0.2) is 4.79 Å². The van der Waals surface area contributed by atoms with Crippen LogP contribution in [0.1, 0.15) is 170 Å². The molecule has 4 saturated carbocycles. The van der Waals surface area contributed by atoms with Gasteiger partial charge in [-0.15, -0.1) is 42.3 Å². The number of amides is 3. The largest absolute Gasteiger partial charge is 0.378 e. The number of carbonyl (C=O) groups excluding carboxylic acids is 4. The summed E-state index contributed by atoms with van der Waals surface area (Å²) in [5.74, 6) is 2.63. The van der Waals surface area contributed by atoms with Crippen molar-refractivity contribution in [2.75, 3.05) is 26.3 Å². The molecule has 0 aromatic heterocycles. The van der Waals surface area contributed by atoms with E-state index in [0.717, 1.165) is 63.1 Å². The lowest BCUT2D eigenvalue weighted by Gasteiger charge is -2.65. The fourth-order valence-corrected chi connectivity index (χ4v) is 12.5. The van der Waals surface area contributed by atoms with Crippen LogP contribution >= 0.6 is 37.2 Å². The summed E-state index contributed by atoms with van der Waals surface area (Å²) in [5, 5.41) is 0.558. The van der Waals surface area contributed by atoms with Gasteiger partial charge in [-0.1, -0.05) is 80.1 Å². The van der Waals surface area contributed by atoms with Gasteiger partial charge in [-0.2, -0.15) is 0 Å². The third-order valence-corrected chi connectivity index (χ3v) is 15.5. The third kappa shape index (κ3) is 11.8. The van der Waals surface area contributed by atoms with Crippen molar-refractivity contribution in [2.45, 2.75) is 183 Å². The number of hydrogen-bond acceptors (Lipinski definition) is 7. The van der Waals surface area contributed by atoms with E-state index in [0.29, 0.717) is 46.8 Å². The molecule has 4 aliphatic carbocycles. The molecule has 0 aromatic carbocycles. The number of carbonyl (C=O) groups is 4. The molecule has 5 rings (SSSR count). The molecular weight excluding hydrogens is 787 g/mol. The Kier molecular flexibility index (Phi) is 21.7. The predicted molar refractivity (Wildman–Crippen MR) is 232 cm³/mol. The molecule has 0 aromatic rings. The van der Waals surface area contributed by atoms with Crippen molar-refractivity contribution in [3.63, 3.8) is 0 Å². The monoisotopic (exact) mass is 864 g/mol. The number of fused-ring (bicyclic) bond motifs is 5. The van der Waals surface area contributed by atoms with Crippen molar-refractivity contribution >= 4 is 60.9 Å². The first-order chi connectivity index (χ1) is 25.9. The molecule has 5 fully saturated rings. The van der Waals surface area contributed by atoms with Gasteiger partial charge in [0.15, 0.2) is 0 Å². The van der Waals surface area contributed by atoms with E-state index in [1.165, 1.54) is 88.9 Å². The van der Waals surface area contributed by atoms with Crippen LogP contribution in [-0.4, -0.2) is 72.2 Å².